The minimum Gasteiger partial charge on any atom is -0.467 e. The fraction of sp³-hybridized carbons (Fsp3) is 0.526. The number of likely N-dealkylation sites (tertiary alicyclic amines) is 1. The molecule has 1 fully saturated rings. The Labute approximate surface area is 169 Å². The number of carbonyl (C=O) groups excluding carboxylic acids is 3. The molecule has 1 aliphatic heterocycles. The molecule has 0 aliphatic carbocycles. The fourth-order valence-electron chi connectivity index (χ4n) is 3.14. The van der Waals surface area contributed by atoms with Crippen molar-refractivity contribution in [3.8, 4) is 0 Å². The second kappa shape index (κ2) is 9.42. The Bertz CT molecular complexity index is 724. The third kappa shape index (κ3) is 5.59. The molecule has 27 heavy (non-hydrogen) atoms. The molecule has 6 nitrogen and oxygen atoms in total. The average Bonchev–Trinajstić information content (AvgIpc) is 2.95. The summed E-state index contributed by atoms with van der Waals surface area (Å²) < 4.78 is 4.74. The predicted octanol–water partition coefficient (Wildman–Crippen LogP) is 3.19. The van der Waals surface area contributed by atoms with E-state index in [9.17, 15) is 14.4 Å². The predicted molar refractivity (Wildman–Crippen MR) is 103 cm³/mol. The number of esters is 1. The highest BCUT2D eigenvalue weighted by atomic mass is 35.5. The van der Waals surface area contributed by atoms with Gasteiger partial charge in [-0.3, -0.25) is 9.59 Å². The number of nitrogens with zero attached hydrogens (tertiary/aromatic N) is 1. The molecule has 1 aromatic rings. The minimum atomic E-state index is -0.713. The zero-order valence-corrected chi connectivity index (χ0v) is 17.1. The highest BCUT2D eigenvalue weighted by Crippen LogP contribution is 2.28. The van der Waals surface area contributed by atoms with Crippen molar-refractivity contribution < 1.29 is 19.1 Å². The Balaban J connectivity index is 2.06. The van der Waals surface area contributed by atoms with Crippen LogP contribution in [0.3, 0.4) is 0 Å². The summed E-state index contributed by atoms with van der Waals surface area (Å²) in [5.74, 6) is -0.908. The van der Waals surface area contributed by atoms with Crippen molar-refractivity contribution in [3.05, 3.63) is 33.8 Å². The van der Waals surface area contributed by atoms with E-state index in [2.05, 4.69) is 5.32 Å². The summed E-state index contributed by atoms with van der Waals surface area (Å²) in [5, 5.41) is 3.77. The number of benzene rings is 1. The molecule has 8 heteroatoms. The van der Waals surface area contributed by atoms with Gasteiger partial charge >= 0.3 is 5.97 Å². The molecule has 0 bridgehead atoms. The van der Waals surface area contributed by atoms with Gasteiger partial charge in [0.25, 0.3) is 0 Å². The van der Waals surface area contributed by atoms with E-state index in [0.29, 0.717) is 29.4 Å². The maximum atomic E-state index is 12.5. The number of nitrogens with one attached hydrogen (secondary N) is 1. The maximum Gasteiger partial charge on any atom is 0.328 e. The van der Waals surface area contributed by atoms with Gasteiger partial charge in [-0.1, -0.05) is 37.0 Å². The lowest BCUT2D eigenvalue weighted by Crippen LogP contribution is -2.47. The highest BCUT2D eigenvalue weighted by molar-refractivity contribution is 6.33. The molecule has 1 heterocycles. The van der Waals surface area contributed by atoms with Crippen LogP contribution in [0.5, 0.6) is 0 Å². The summed E-state index contributed by atoms with van der Waals surface area (Å²) in [6.45, 7) is 3.95. The van der Waals surface area contributed by atoms with Gasteiger partial charge in [0.1, 0.15) is 6.04 Å². The third-order valence-electron chi connectivity index (χ3n) is 4.66. The van der Waals surface area contributed by atoms with E-state index in [-0.39, 0.29) is 30.2 Å². The number of hydrogen-bond donors (Lipinski definition) is 1. The molecule has 0 saturated carbocycles. The number of halogens is 2. The number of methoxy groups -OCH3 is 1. The quantitative estimate of drug-likeness (QED) is 0.695. The standard InChI is InChI=1S/C19H24Cl2N2O4/c1-11(2)18(19(26)27-3)22-16(24)9-14-5-7-17(25)23(14)10-12-8-13(20)4-6-15(12)21/h4,6,8,11,14,18H,5,7,9-10H2,1-3H3,(H,22,24)/t14-,18-/m0/s1. The lowest BCUT2D eigenvalue weighted by molar-refractivity contribution is -0.146. The first kappa shape index (κ1) is 21.5. The van der Waals surface area contributed by atoms with Crippen molar-refractivity contribution in [3.63, 3.8) is 0 Å². The van der Waals surface area contributed by atoms with Gasteiger partial charge in [-0.25, -0.2) is 4.79 Å². The van der Waals surface area contributed by atoms with Crippen molar-refractivity contribution in [2.24, 2.45) is 5.92 Å². The van der Waals surface area contributed by atoms with E-state index in [0.717, 1.165) is 5.56 Å². The van der Waals surface area contributed by atoms with Crippen LogP contribution in [0, 0.1) is 5.92 Å². The first-order valence-corrected chi connectivity index (χ1v) is 9.59. The van der Waals surface area contributed by atoms with Crippen LogP contribution in [-0.2, 0) is 25.7 Å². The van der Waals surface area contributed by atoms with Gasteiger partial charge in [0.2, 0.25) is 11.8 Å². The molecule has 1 N–H and O–H groups in total. The van der Waals surface area contributed by atoms with E-state index in [1.807, 2.05) is 13.8 Å². The Morgan fingerprint density at radius 1 is 1.33 bits per heavy atom. The smallest absolute Gasteiger partial charge is 0.328 e. The minimum absolute atomic E-state index is 0.0304. The molecule has 2 rings (SSSR count). The summed E-state index contributed by atoms with van der Waals surface area (Å²) >= 11 is 12.2. The normalized spacial score (nSPS) is 17.9. The first-order valence-electron chi connectivity index (χ1n) is 8.83. The SMILES string of the molecule is COC(=O)[C@@H](NC(=O)C[C@@H]1CCC(=O)N1Cc1cc(Cl)ccc1Cl)C(C)C. The van der Waals surface area contributed by atoms with Gasteiger partial charge in [-0.05, 0) is 36.1 Å². The lowest BCUT2D eigenvalue weighted by Gasteiger charge is -2.26. The topological polar surface area (TPSA) is 75.7 Å². The molecule has 1 saturated heterocycles. The van der Waals surface area contributed by atoms with E-state index in [4.69, 9.17) is 27.9 Å². The molecular formula is C19H24Cl2N2O4. The number of amides is 2. The monoisotopic (exact) mass is 414 g/mol. The summed E-state index contributed by atoms with van der Waals surface area (Å²) in [6, 6.07) is 4.13. The van der Waals surface area contributed by atoms with E-state index < -0.39 is 12.0 Å². The van der Waals surface area contributed by atoms with Crippen molar-refractivity contribution in [1.82, 2.24) is 10.2 Å². The number of hydrogen-bond acceptors (Lipinski definition) is 4. The largest absolute Gasteiger partial charge is 0.467 e. The van der Waals surface area contributed by atoms with Crippen LogP contribution >= 0.6 is 23.2 Å². The Kier molecular flexibility index (Phi) is 7.50. The Morgan fingerprint density at radius 2 is 2.04 bits per heavy atom. The maximum absolute atomic E-state index is 12.5. The van der Waals surface area contributed by atoms with Crippen LogP contribution in [0.25, 0.3) is 0 Å². The molecule has 2 atom stereocenters. The molecular weight excluding hydrogens is 391 g/mol. The summed E-state index contributed by atoms with van der Waals surface area (Å²) in [4.78, 5) is 38.2. The summed E-state index contributed by atoms with van der Waals surface area (Å²) in [7, 11) is 1.29. The van der Waals surface area contributed by atoms with E-state index in [1.165, 1.54) is 7.11 Å². The van der Waals surface area contributed by atoms with Crippen LogP contribution in [-0.4, -0.2) is 41.9 Å². The van der Waals surface area contributed by atoms with Crippen LogP contribution < -0.4 is 5.32 Å². The lowest BCUT2D eigenvalue weighted by atomic mass is 10.0. The van der Waals surface area contributed by atoms with Crippen LogP contribution in [0.1, 0.15) is 38.7 Å². The van der Waals surface area contributed by atoms with E-state index >= 15 is 0 Å². The summed E-state index contributed by atoms with van der Waals surface area (Å²) in [6.07, 6.45) is 1.07. The molecule has 0 aromatic heterocycles. The molecule has 1 aliphatic rings. The molecule has 0 unspecified atom stereocenters. The zero-order valence-electron chi connectivity index (χ0n) is 15.6. The zero-order chi connectivity index (χ0) is 20.1. The second-order valence-corrected chi connectivity index (χ2v) is 7.81. The van der Waals surface area contributed by atoms with Gasteiger partial charge in [-0.2, -0.15) is 0 Å². The summed E-state index contributed by atoms with van der Waals surface area (Å²) in [5.41, 5.74) is 0.736. The third-order valence-corrected chi connectivity index (χ3v) is 5.26. The average molecular weight is 415 g/mol. The number of ether oxygens (including phenoxy) is 1. The van der Waals surface area contributed by atoms with Gasteiger partial charge in [0.15, 0.2) is 0 Å². The van der Waals surface area contributed by atoms with Crippen LogP contribution in [0.4, 0.5) is 0 Å². The number of carbonyl (C=O) groups is 3. The Morgan fingerprint density at radius 3 is 2.67 bits per heavy atom. The van der Waals surface area contributed by atoms with Crippen LogP contribution in [0.2, 0.25) is 10.0 Å². The second-order valence-electron chi connectivity index (χ2n) is 6.97. The van der Waals surface area contributed by atoms with Gasteiger partial charge in [0, 0.05) is 35.5 Å². The fourth-order valence-corrected chi connectivity index (χ4v) is 3.51. The van der Waals surface area contributed by atoms with Crippen molar-refractivity contribution in [1.29, 1.82) is 0 Å². The van der Waals surface area contributed by atoms with Crippen molar-refractivity contribution >= 4 is 41.0 Å². The Hall–Kier alpha value is -1.79. The molecule has 1 aromatic carbocycles. The first-order chi connectivity index (χ1) is 12.7. The van der Waals surface area contributed by atoms with Crippen molar-refractivity contribution in [2.75, 3.05) is 7.11 Å². The highest BCUT2D eigenvalue weighted by Gasteiger charge is 2.34. The van der Waals surface area contributed by atoms with Crippen molar-refractivity contribution in [2.45, 2.75) is 51.7 Å². The van der Waals surface area contributed by atoms with Crippen LogP contribution in [0.15, 0.2) is 18.2 Å². The molecule has 2 amide bonds. The van der Waals surface area contributed by atoms with Gasteiger partial charge < -0.3 is 15.0 Å². The van der Waals surface area contributed by atoms with E-state index in [1.54, 1.807) is 23.1 Å². The molecule has 0 radical (unpaired) electrons. The van der Waals surface area contributed by atoms with Gasteiger partial charge in [0.05, 0.1) is 7.11 Å². The number of rotatable bonds is 7. The molecule has 0 spiro atoms. The van der Waals surface area contributed by atoms with Gasteiger partial charge in [-0.15, -0.1) is 0 Å². The molecule has 148 valence electrons.